The van der Waals surface area contributed by atoms with Gasteiger partial charge < -0.3 is 15.6 Å². The minimum absolute atomic E-state index is 0.00151. The number of methoxy groups -OCH3 is 1. The Morgan fingerprint density at radius 3 is 2.89 bits per heavy atom. The van der Waals surface area contributed by atoms with E-state index < -0.39 is 17.7 Å². The summed E-state index contributed by atoms with van der Waals surface area (Å²) in [7, 11) is 1.44. The molecule has 0 unspecified atom stereocenters. The van der Waals surface area contributed by atoms with Gasteiger partial charge in [0.2, 0.25) is 5.91 Å². The second kappa shape index (κ2) is 7.84. The first kappa shape index (κ1) is 19.0. The summed E-state index contributed by atoms with van der Waals surface area (Å²) in [5, 5.41) is 20.1. The summed E-state index contributed by atoms with van der Waals surface area (Å²) in [5.41, 5.74) is 6.99. The van der Waals surface area contributed by atoms with E-state index in [1.54, 1.807) is 12.1 Å². The first-order chi connectivity index (χ1) is 13.0. The zero-order valence-electron chi connectivity index (χ0n) is 14.8. The summed E-state index contributed by atoms with van der Waals surface area (Å²) in [5.74, 6) is -1.25. The number of Topliss-reactive ketones (excluding diaryl/α,β-unsaturated/α-hetero) is 1. The van der Waals surface area contributed by atoms with Crippen LogP contribution in [0.5, 0.6) is 11.5 Å². The molecule has 0 spiro atoms. The van der Waals surface area contributed by atoms with Crippen LogP contribution in [-0.2, 0) is 9.59 Å². The highest BCUT2D eigenvalue weighted by molar-refractivity contribution is 8.03. The number of phenols is 1. The topological polar surface area (TPSA) is 126 Å². The van der Waals surface area contributed by atoms with Crippen molar-refractivity contribution in [1.29, 1.82) is 5.26 Å². The van der Waals surface area contributed by atoms with Gasteiger partial charge in [0.1, 0.15) is 10.8 Å². The number of carbonyl (C=O) groups is 2. The average Bonchev–Trinajstić information content (AvgIpc) is 2.65. The Kier molecular flexibility index (Phi) is 5.51. The average molecular weight is 385 g/mol. The summed E-state index contributed by atoms with van der Waals surface area (Å²) >= 11 is 1.11. The summed E-state index contributed by atoms with van der Waals surface area (Å²) in [4.78, 5) is 28.4. The zero-order chi connectivity index (χ0) is 19.6. The first-order valence-corrected chi connectivity index (χ1v) is 9.47. The van der Waals surface area contributed by atoms with E-state index in [0.29, 0.717) is 29.0 Å². The van der Waals surface area contributed by atoms with Crippen molar-refractivity contribution in [2.75, 3.05) is 12.9 Å². The number of hydrogen-bond donors (Lipinski definition) is 2. The molecule has 1 aromatic carbocycles. The molecule has 1 heterocycles. The molecule has 1 aromatic rings. The number of nitrogens with two attached hydrogens (primary N) is 1. The first-order valence-electron chi connectivity index (χ1n) is 8.48. The van der Waals surface area contributed by atoms with Crippen molar-refractivity contribution in [3.05, 3.63) is 34.4 Å². The lowest BCUT2D eigenvalue weighted by Crippen LogP contribution is -2.37. The number of thioether (sulfide) groups is 1. The van der Waals surface area contributed by atoms with Gasteiger partial charge in [-0.15, -0.1) is 0 Å². The summed E-state index contributed by atoms with van der Waals surface area (Å²) in [6, 6.07) is 6.98. The molecule has 2 aliphatic rings. The molecule has 1 saturated carbocycles. The number of ketones is 1. The number of amides is 1. The Balaban J connectivity index is 2.14. The molecular formula is C19H19N3O4S. The summed E-state index contributed by atoms with van der Waals surface area (Å²) < 4.78 is 5.18. The fourth-order valence-electron chi connectivity index (χ4n) is 3.55. The Labute approximate surface area is 160 Å². The van der Waals surface area contributed by atoms with Crippen LogP contribution in [0.4, 0.5) is 0 Å². The number of hydrogen-bond acceptors (Lipinski definition) is 7. The molecule has 0 saturated heterocycles. The second-order valence-electron chi connectivity index (χ2n) is 6.40. The predicted molar refractivity (Wildman–Crippen MR) is 101 cm³/mol. The Morgan fingerprint density at radius 1 is 1.44 bits per heavy atom. The van der Waals surface area contributed by atoms with E-state index in [1.165, 1.54) is 13.2 Å². The number of nitrogens with zero attached hydrogens (tertiary/aromatic N) is 2. The predicted octanol–water partition coefficient (Wildman–Crippen LogP) is 2.26. The quantitative estimate of drug-likeness (QED) is 0.801. The molecule has 1 aliphatic carbocycles. The number of primary amides is 1. The number of nitriles is 1. The lowest BCUT2D eigenvalue weighted by Gasteiger charge is -2.34. The monoisotopic (exact) mass is 385 g/mol. The van der Waals surface area contributed by atoms with E-state index in [1.807, 2.05) is 0 Å². The SMILES string of the molecule is COc1cc([C@H]2C(C#N)=C(SCC(N)=O)N=C3CCCC(=O)[C@H]32)ccc1O. The van der Waals surface area contributed by atoms with Crippen LogP contribution in [0.3, 0.4) is 0 Å². The molecule has 2 atom stereocenters. The minimum Gasteiger partial charge on any atom is -0.504 e. The number of benzene rings is 1. The van der Waals surface area contributed by atoms with Crippen LogP contribution < -0.4 is 10.5 Å². The van der Waals surface area contributed by atoms with Crippen molar-refractivity contribution in [2.24, 2.45) is 16.6 Å². The van der Waals surface area contributed by atoms with E-state index in [9.17, 15) is 20.0 Å². The standard InChI is InChI=1S/C19H19N3O4S/c1-26-15-7-10(5-6-13(15)23)17-11(8-20)19(27-9-16(21)25)22-12-3-2-4-14(24)18(12)17/h5-7,17-18,23H,2-4,9H2,1H3,(H2,21,25)/t17-,18-/m0/s1. The number of phenolic OH excluding ortho intramolecular Hbond substituents is 1. The maximum absolute atomic E-state index is 12.7. The van der Waals surface area contributed by atoms with E-state index in [4.69, 9.17) is 10.5 Å². The van der Waals surface area contributed by atoms with Gasteiger partial charge in [-0.05, 0) is 30.5 Å². The lowest BCUT2D eigenvalue weighted by molar-refractivity contribution is -0.122. The van der Waals surface area contributed by atoms with Gasteiger partial charge in [0.15, 0.2) is 11.5 Å². The van der Waals surface area contributed by atoms with Crippen molar-refractivity contribution in [1.82, 2.24) is 0 Å². The van der Waals surface area contributed by atoms with Gasteiger partial charge in [-0.3, -0.25) is 9.59 Å². The second-order valence-corrected chi connectivity index (χ2v) is 7.36. The smallest absolute Gasteiger partial charge is 0.227 e. The minimum atomic E-state index is -0.528. The van der Waals surface area contributed by atoms with Crippen LogP contribution in [-0.4, -0.2) is 35.4 Å². The van der Waals surface area contributed by atoms with E-state index in [0.717, 1.165) is 23.9 Å². The normalized spacial score (nSPS) is 21.9. The molecule has 1 aliphatic heterocycles. The van der Waals surface area contributed by atoms with Crippen LogP contribution in [0, 0.1) is 17.2 Å². The number of aliphatic imine (C=N–C) groups is 1. The number of carbonyl (C=O) groups excluding carboxylic acids is 2. The third-order valence-corrected chi connectivity index (χ3v) is 5.73. The molecule has 1 fully saturated rings. The van der Waals surface area contributed by atoms with Crippen molar-refractivity contribution in [3.8, 4) is 17.6 Å². The van der Waals surface area contributed by atoms with Gasteiger partial charge in [0, 0.05) is 18.1 Å². The molecule has 0 bridgehead atoms. The van der Waals surface area contributed by atoms with Crippen molar-refractivity contribution < 1.29 is 19.4 Å². The van der Waals surface area contributed by atoms with Crippen LogP contribution in [0.25, 0.3) is 0 Å². The zero-order valence-corrected chi connectivity index (χ0v) is 15.6. The number of rotatable bonds is 5. The third-order valence-electron chi connectivity index (χ3n) is 4.72. The highest BCUT2D eigenvalue weighted by Gasteiger charge is 2.42. The third kappa shape index (κ3) is 3.69. The van der Waals surface area contributed by atoms with Crippen LogP contribution in [0.1, 0.15) is 30.7 Å². The van der Waals surface area contributed by atoms with E-state index in [-0.39, 0.29) is 23.0 Å². The fourth-order valence-corrected chi connectivity index (χ4v) is 4.34. The number of allylic oxidation sites excluding steroid dienone is 1. The van der Waals surface area contributed by atoms with Gasteiger partial charge in [0.05, 0.1) is 30.4 Å². The maximum atomic E-state index is 12.7. The number of fused-ring (bicyclic) bond motifs is 1. The van der Waals surface area contributed by atoms with Gasteiger partial charge >= 0.3 is 0 Å². The van der Waals surface area contributed by atoms with Gasteiger partial charge in [-0.25, -0.2) is 4.99 Å². The molecule has 3 rings (SSSR count). The Morgan fingerprint density at radius 2 is 2.22 bits per heavy atom. The molecule has 8 heteroatoms. The van der Waals surface area contributed by atoms with Crippen molar-refractivity contribution >= 4 is 29.2 Å². The molecule has 0 aromatic heterocycles. The summed E-state index contributed by atoms with van der Waals surface area (Å²) in [6.07, 6.45) is 1.83. The van der Waals surface area contributed by atoms with Crippen molar-refractivity contribution in [2.45, 2.75) is 25.2 Å². The van der Waals surface area contributed by atoms with E-state index in [2.05, 4.69) is 11.1 Å². The molecule has 1 amide bonds. The largest absolute Gasteiger partial charge is 0.504 e. The van der Waals surface area contributed by atoms with Crippen molar-refractivity contribution in [3.63, 3.8) is 0 Å². The van der Waals surface area contributed by atoms with Gasteiger partial charge in [-0.1, -0.05) is 17.8 Å². The molecule has 3 N–H and O–H groups in total. The molecule has 27 heavy (non-hydrogen) atoms. The van der Waals surface area contributed by atoms with Crippen LogP contribution in [0.2, 0.25) is 0 Å². The van der Waals surface area contributed by atoms with Gasteiger partial charge in [0.25, 0.3) is 0 Å². The highest BCUT2D eigenvalue weighted by Crippen LogP contribution is 2.46. The maximum Gasteiger partial charge on any atom is 0.227 e. The van der Waals surface area contributed by atoms with Crippen LogP contribution in [0.15, 0.2) is 33.8 Å². The van der Waals surface area contributed by atoms with E-state index >= 15 is 0 Å². The van der Waals surface area contributed by atoms with Crippen LogP contribution >= 0.6 is 11.8 Å². The summed E-state index contributed by atoms with van der Waals surface area (Å²) in [6.45, 7) is 0. The molecular weight excluding hydrogens is 366 g/mol. The molecule has 140 valence electrons. The number of ether oxygens (including phenoxy) is 1. The Bertz CT molecular complexity index is 901. The fraction of sp³-hybridized carbons (Fsp3) is 0.368. The highest BCUT2D eigenvalue weighted by atomic mass is 32.2. The molecule has 0 radical (unpaired) electrons. The Hall–Kier alpha value is -2.79. The number of aromatic hydroxyl groups is 1. The molecule has 7 nitrogen and oxygen atoms in total. The van der Waals surface area contributed by atoms with Gasteiger partial charge in [-0.2, -0.15) is 5.26 Å². The lowest BCUT2D eigenvalue weighted by atomic mass is 9.70.